The van der Waals surface area contributed by atoms with E-state index in [1.54, 1.807) is 12.1 Å². The van der Waals surface area contributed by atoms with Gasteiger partial charge in [-0.15, -0.1) is 6.42 Å². The quantitative estimate of drug-likeness (QED) is 0.735. The minimum absolute atomic E-state index is 0.132. The number of H-pyrrole nitrogens is 1. The first-order valence-corrected chi connectivity index (χ1v) is 7.21. The maximum absolute atomic E-state index is 12.3. The number of hydrogen-bond donors (Lipinski definition) is 3. The van der Waals surface area contributed by atoms with Crippen molar-refractivity contribution in [2.45, 2.75) is 11.8 Å². The van der Waals surface area contributed by atoms with Gasteiger partial charge in [-0.2, -0.15) is 5.10 Å². The predicted octanol–water partition coefficient (Wildman–Crippen LogP) is 1.20. The van der Waals surface area contributed by atoms with Crippen molar-refractivity contribution < 1.29 is 18.3 Å². The van der Waals surface area contributed by atoms with Gasteiger partial charge < -0.3 is 5.11 Å². The number of carboxylic acid groups (broad SMARTS) is 1. The van der Waals surface area contributed by atoms with Crippen molar-refractivity contribution in [3.05, 3.63) is 41.2 Å². The summed E-state index contributed by atoms with van der Waals surface area (Å²) < 4.78 is 26.9. The number of aryl methyl sites for hydroxylation is 1. The van der Waals surface area contributed by atoms with Crippen molar-refractivity contribution >= 4 is 21.7 Å². The number of nitrogens with one attached hydrogen (secondary N) is 2. The summed E-state index contributed by atoms with van der Waals surface area (Å²) >= 11 is 0. The van der Waals surface area contributed by atoms with Gasteiger partial charge in [-0.3, -0.25) is 9.82 Å². The Morgan fingerprint density at radius 2 is 2.19 bits per heavy atom. The zero-order valence-corrected chi connectivity index (χ0v) is 11.7. The summed E-state index contributed by atoms with van der Waals surface area (Å²) in [7, 11) is -4.09. The van der Waals surface area contributed by atoms with Crippen LogP contribution >= 0.6 is 0 Å². The van der Waals surface area contributed by atoms with Crippen LogP contribution in [0.2, 0.25) is 0 Å². The zero-order chi connectivity index (χ0) is 15.6. The monoisotopic (exact) mass is 305 g/mol. The van der Waals surface area contributed by atoms with Crippen LogP contribution in [0.25, 0.3) is 0 Å². The first kappa shape index (κ1) is 14.6. The molecule has 1 aromatic heterocycles. The molecule has 2 aromatic rings. The molecular formula is C13H11N3O4S. The van der Waals surface area contributed by atoms with Crippen LogP contribution in [-0.4, -0.2) is 29.7 Å². The number of aromatic nitrogens is 2. The van der Waals surface area contributed by atoms with E-state index in [0.717, 1.165) is 0 Å². The summed E-state index contributed by atoms with van der Waals surface area (Å²) in [5, 5.41) is 14.8. The number of terminal acetylenes is 1. The Balaban J connectivity index is 2.46. The van der Waals surface area contributed by atoms with E-state index in [2.05, 4.69) is 20.8 Å². The van der Waals surface area contributed by atoms with E-state index in [1.807, 2.05) is 0 Å². The maximum Gasteiger partial charge on any atom is 0.357 e. The van der Waals surface area contributed by atoms with E-state index < -0.39 is 26.6 Å². The molecule has 8 heteroatoms. The van der Waals surface area contributed by atoms with E-state index in [4.69, 9.17) is 11.5 Å². The van der Waals surface area contributed by atoms with Gasteiger partial charge in [0.25, 0.3) is 10.0 Å². The van der Waals surface area contributed by atoms with Crippen LogP contribution in [0.3, 0.4) is 0 Å². The van der Waals surface area contributed by atoms with Crippen molar-refractivity contribution in [1.82, 2.24) is 10.2 Å². The second kappa shape index (κ2) is 5.30. The van der Waals surface area contributed by atoms with Gasteiger partial charge in [0.15, 0.2) is 5.69 Å². The fraction of sp³-hybridized carbons (Fsp3) is 0.0769. The number of rotatable bonds is 4. The third kappa shape index (κ3) is 2.88. The lowest BCUT2D eigenvalue weighted by atomic mass is 10.2. The Morgan fingerprint density at radius 1 is 1.48 bits per heavy atom. The molecule has 1 aromatic carbocycles. The molecule has 0 amide bonds. The highest BCUT2D eigenvalue weighted by molar-refractivity contribution is 7.92. The van der Waals surface area contributed by atoms with E-state index in [-0.39, 0.29) is 11.4 Å². The summed E-state index contributed by atoms with van der Waals surface area (Å²) in [5.41, 5.74) is 0.307. The average Bonchev–Trinajstić information content (AvgIpc) is 2.81. The lowest BCUT2D eigenvalue weighted by molar-refractivity contribution is 0.0686. The van der Waals surface area contributed by atoms with E-state index in [0.29, 0.717) is 5.56 Å². The molecular weight excluding hydrogens is 294 g/mol. The fourth-order valence-electron chi connectivity index (χ4n) is 1.77. The van der Waals surface area contributed by atoms with E-state index >= 15 is 0 Å². The van der Waals surface area contributed by atoms with Gasteiger partial charge in [0, 0.05) is 5.56 Å². The lowest BCUT2D eigenvalue weighted by Gasteiger charge is -2.08. The Hall–Kier alpha value is -2.79. The summed E-state index contributed by atoms with van der Waals surface area (Å²) in [6.45, 7) is 1.42. The van der Waals surface area contributed by atoms with Gasteiger partial charge in [-0.1, -0.05) is 12.0 Å². The van der Waals surface area contributed by atoms with E-state index in [9.17, 15) is 13.2 Å². The molecule has 0 radical (unpaired) electrons. The topological polar surface area (TPSA) is 112 Å². The molecule has 2 rings (SSSR count). The molecule has 3 N–H and O–H groups in total. The van der Waals surface area contributed by atoms with Gasteiger partial charge in [-0.05, 0) is 25.1 Å². The second-order valence-corrected chi connectivity index (χ2v) is 5.78. The standard InChI is InChI=1S/C13H11N3O4S/c1-3-9-5-4-6-10(7-9)16-21(19,20)12-8(2)14-15-11(12)13(17)18/h1,4-7,16H,2H3,(H,14,15)(H,17,18). The summed E-state index contributed by atoms with van der Waals surface area (Å²) in [6.07, 6.45) is 5.25. The smallest absolute Gasteiger partial charge is 0.357 e. The minimum atomic E-state index is -4.09. The second-order valence-electron chi connectivity index (χ2n) is 4.16. The van der Waals surface area contributed by atoms with Crippen molar-refractivity contribution in [1.29, 1.82) is 0 Å². The molecule has 108 valence electrons. The summed E-state index contributed by atoms with van der Waals surface area (Å²) in [5.74, 6) is 0.948. The normalized spacial score (nSPS) is 10.9. The van der Waals surface area contributed by atoms with Crippen LogP contribution in [0.5, 0.6) is 0 Å². The van der Waals surface area contributed by atoms with E-state index in [1.165, 1.54) is 19.1 Å². The molecule has 0 aliphatic heterocycles. The Kier molecular flexibility index (Phi) is 3.69. The third-order valence-electron chi connectivity index (χ3n) is 2.64. The largest absolute Gasteiger partial charge is 0.476 e. The van der Waals surface area contributed by atoms with Crippen molar-refractivity contribution in [2.75, 3.05) is 4.72 Å². The molecule has 1 heterocycles. The number of carbonyl (C=O) groups is 1. The minimum Gasteiger partial charge on any atom is -0.476 e. The van der Waals surface area contributed by atoms with Gasteiger partial charge >= 0.3 is 5.97 Å². The number of aromatic amines is 1. The average molecular weight is 305 g/mol. The van der Waals surface area contributed by atoms with Crippen LogP contribution < -0.4 is 4.72 Å². The van der Waals surface area contributed by atoms with Gasteiger partial charge in [0.1, 0.15) is 4.90 Å². The van der Waals surface area contributed by atoms with Crippen LogP contribution in [0.1, 0.15) is 21.7 Å². The molecule has 0 aliphatic carbocycles. The van der Waals surface area contributed by atoms with Crippen LogP contribution in [0.15, 0.2) is 29.2 Å². The fourth-order valence-corrected chi connectivity index (χ4v) is 3.15. The number of benzene rings is 1. The molecule has 21 heavy (non-hydrogen) atoms. The Labute approximate surface area is 121 Å². The number of hydrogen-bond acceptors (Lipinski definition) is 4. The van der Waals surface area contributed by atoms with Crippen LogP contribution in [0.4, 0.5) is 5.69 Å². The Morgan fingerprint density at radius 3 is 2.81 bits per heavy atom. The molecule has 0 fully saturated rings. The molecule has 0 aliphatic rings. The van der Waals surface area contributed by atoms with Crippen LogP contribution in [-0.2, 0) is 10.0 Å². The van der Waals surface area contributed by atoms with Crippen LogP contribution in [0, 0.1) is 19.3 Å². The van der Waals surface area contributed by atoms with Crippen molar-refractivity contribution in [2.24, 2.45) is 0 Å². The molecule has 0 unspecified atom stereocenters. The molecule has 0 atom stereocenters. The SMILES string of the molecule is C#Cc1cccc(NS(=O)(=O)c2c(C(=O)O)n[nH]c2C)c1. The number of carboxylic acids is 1. The molecule has 7 nitrogen and oxygen atoms in total. The highest BCUT2D eigenvalue weighted by atomic mass is 32.2. The molecule has 0 spiro atoms. The lowest BCUT2D eigenvalue weighted by Crippen LogP contribution is -2.17. The predicted molar refractivity (Wildman–Crippen MR) is 75.5 cm³/mol. The summed E-state index contributed by atoms with van der Waals surface area (Å²) in [6, 6.07) is 6.21. The molecule has 0 saturated heterocycles. The Bertz CT molecular complexity index is 847. The zero-order valence-electron chi connectivity index (χ0n) is 10.9. The number of anilines is 1. The summed E-state index contributed by atoms with van der Waals surface area (Å²) in [4.78, 5) is 10.6. The van der Waals surface area contributed by atoms with Gasteiger partial charge in [0.2, 0.25) is 0 Å². The van der Waals surface area contributed by atoms with Crippen molar-refractivity contribution in [3.8, 4) is 12.3 Å². The number of sulfonamides is 1. The van der Waals surface area contributed by atoms with Crippen molar-refractivity contribution in [3.63, 3.8) is 0 Å². The number of aromatic carboxylic acids is 1. The van der Waals surface area contributed by atoms with Gasteiger partial charge in [-0.25, -0.2) is 13.2 Å². The maximum atomic E-state index is 12.3. The molecule has 0 bridgehead atoms. The third-order valence-corrected chi connectivity index (χ3v) is 4.19. The highest BCUT2D eigenvalue weighted by Crippen LogP contribution is 2.21. The highest BCUT2D eigenvalue weighted by Gasteiger charge is 2.28. The first-order valence-electron chi connectivity index (χ1n) is 5.73. The van der Waals surface area contributed by atoms with Gasteiger partial charge in [0.05, 0.1) is 11.4 Å². The molecule has 0 saturated carbocycles. The first-order chi connectivity index (χ1) is 9.85. The number of nitrogens with zero attached hydrogens (tertiary/aromatic N) is 1.